The highest BCUT2D eigenvalue weighted by Crippen LogP contribution is 2.26. The fraction of sp³-hybridized carbons (Fsp3) is 0.360. The third-order valence-electron chi connectivity index (χ3n) is 4.63. The Balaban J connectivity index is 2.03. The summed E-state index contributed by atoms with van der Waals surface area (Å²) in [6.45, 7) is 8.00. The molecule has 0 aromatic heterocycles. The molecule has 0 saturated heterocycles. The van der Waals surface area contributed by atoms with E-state index in [1.807, 2.05) is 12.1 Å². The molecule has 0 unspecified atom stereocenters. The molecule has 7 nitrogen and oxygen atoms in total. The van der Waals surface area contributed by atoms with Crippen molar-refractivity contribution in [3.05, 3.63) is 53.6 Å². The van der Waals surface area contributed by atoms with Crippen molar-refractivity contribution >= 4 is 29.3 Å². The predicted octanol–water partition coefficient (Wildman–Crippen LogP) is 4.27. The van der Waals surface area contributed by atoms with Crippen LogP contribution >= 0.6 is 0 Å². The van der Waals surface area contributed by atoms with Gasteiger partial charge < -0.3 is 14.8 Å². The van der Waals surface area contributed by atoms with Crippen molar-refractivity contribution in [2.75, 3.05) is 5.32 Å². The highest BCUT2D eigenvalue weighted by molar-refractivity contribution is 6.05. The van der Waals surface area contributed by atoms with E-state index in [0.29, 0.717) is 30.0 Å². The quantitative estimate of drug-likeness (QED) is 0.375. The van der Waals surface area contributed by atoms with Gasteiger partial charge in [-0.25, -0.2) is 0 Å². The Morgan fingerprint density at radius 2 is 1.47 bits per heavy atom. The molecule has 0 saturated carbocycles. The Labute approximate surface area is 188 Å². The molecule has 0 aliphatic carbocycles. The first-order valence-electron chi connectivity index (χ1n) is 10.4. The normalized spacial score (nSPS) is 10.9. The van der Waals surface area contributed by atoms with E-state index in [0.717, 1.165) is 11.1 Å². The van der Waals surface area contributed by atoms with Gasteiger partial charge in [0.25, 0.3) is 0 Å². The number of anilines is 1. The van der Waals surface area contributed by atoms with E-state index in [2.05, 4.69) is 5.32 Å². The van der Waals surface area contributed by atoms with Gasteiger partial charge in [0.05, 0.1) is 6.42 Å². The maximum Gasteiger partial charge on any atom is 0.308 e. The molecule has 2 rings (SSSR count). The predicted molar refractivity (Wildman–Crippen MR) is 121 cm³/mol. The minimum Gasteiger partial charge on any atom is -0.427 e. The number of benzene rings is 2. The van der Waals surface area contributed by atoms with E-state index >= 15 is 0 Å². The van der Waals surface area contributed by atoms with Gasteiger partial charge in [0, 0.05) is 24.9 Å². The van der Waals surface area contributed by atoms with E-state index in [9.17, 15) is 19.2 Å². The fourth-order valence-electron chi connectivity index (χ4n) is 2.88. The number of esters is 2. The molecule has 1 N–H and O–H groups in total. The second kappa shape index (κ2) is 10.7. The second-order valence-electron chi connectivity index (χ2n) is 8.55. The summed E-state index contributed by atoms with van der Waals surface area (Å²) in [5.74, 6) is -0.529. The van der Waals surface area contributed by atoms with E-state index in [4.69, 9.17) is 9.47 Å². The molecule has 0 bridgehead atoms. The largest absolute Gasteiger partial charge is 0.427 e. The van der Waals surface area contributed by atoms with Gasteiger partial charge in [-0.05, 0) is 54.3 Å². The molecule has 7 heteroatoms. The summed E-state index contributed by atoms with van der Waals surface area (Å²) in [5, 5.41) is 2.74. The highest BCUT2D eigenvalue weighted by Gasteiger charge is 2.23. The number of hydrogen-bond donors (Lipinski definition) is 1. The summed E-state index contributed by atoms with van der Waals surface area (Å²) < 4.78 is 10.4. The molecule has 0 atom stereocenters. The highest BCUT2D eigenvalue weighted by atomic mass is 16.5. The molecular formula is C25H29NO6. The van der Waals surface area contributed by atoms with Gasteiger partial charge in [-0.15, -0.1) is 0 Å². The number of aryl methyl sites for hydroxylation is 2. The summed E-state index contributed by atoms with van der Waals surface area (Å²) in [6, 6.07) is 12.2. The molecular weight excluding hydrogens is 410 g/mol. The van der Waals surface area contributed by atoms with Gasteiger partial charge >= 0.3 is 11.9 Å². The Bertz CT molecular complexity index is 1000. The average molecular weight is 440 g/mol. The van der Waals surface area contributed by atoms with Crippen LogP contribution in [-0.2, 0) is 32.0 Å². The van der Waals surface area contributed by atoms with Crippen LogP contribution in [0, 0.1) is 5.41 Å². The van der Waals surface area contributed by atoms with Crippen molar-refractivity contribution in [1.82, 2.24) is 0 Å². The molecule has 0 fully saturated rings. The zero-order valence-corrected chi connectivity index (χ0v) is 19.1. The first-order chi connectivity index (χ1) is 14.9. The van der Waals surface area contributed by atoms with Crippen molar-refractivity contribution in [3.8, 4) is 11.5 Å². The second-order valence-corrected chi connectivity index (χ2v) is 8.55. The molecule has 0 aliphatic rings. The minimum atomic E-state index is -0.557. The molecule has 32 heavy (non-hydrogen) atoms. The summed E-state index contributed by atoms with van der Waals surface area (Å²) in [4.78, 5) is 46.7. The van der Waals surface area contributed by atoms with Gasteiger partial charge in [0.15, 0.2) is 0 Å². The van der Waals surface area contributed by atoms with Crippen molar-refractivity contribution in [2.24, 2.45) is 5.41 Å². The standard InChI is InChI=1S/C25H29NO6/c1-16(27)31-21-12-13-22(32-17(2)28)19(14-21)9-6-18-7-10-20(11-8-18)26-24(30)15-23(29)25(3,4)5/h7-8,10-14H,6,9,15H2,1-5H3,(H,26,30). The third-order valence-corrected chi connectivity index (χ3v) is 4.63. The van der Waals surface area contributed by atoms with Gasteiger partial charge in [-0.1, -0.05) is 32.9 Å². The summed E-state index contributed by atoms with van der Waals surface area (Å²) in [6.07, 6.45) is 1.01. The summed E-state index contributed by atoms with van der Waals surface area (Å²) in [7, 11) is 0. The number of Topliss-reactive ketones (excluding diaryl/α,β-unsaturated/α-hetero) is 1. The number of ketones is 1. The lowest BCUT2D eigenvalue weighted by atomic mass is 9.89. The van der Waals surface area contributed by atoms with Gasteiger partial charge in [0.2, 0.25) is 5.91 Å². The van der Waals surface area contributed by atoms with E-state index < -0.39 is 17.4 Å². The lowest BCUT2D eigenvalue weighted by molar-refractivity contribution is -0.133. The number of rotatable bonds is 8. The SMILES string of the molecule is CC(=O)Oc1ccc(OC(C)=O)c(CCc2ccc(NC(=O)CC(=O)C(C)(C)C)cc2)c1. The van der Waals surface area contributed by atoms with E-state index in [1.165, 1.54) is 13.8 Å². The van der Waals surface area contributed by atoms with Crippen molar-refractivity contribution < 1.29 is 28.7 Å². The van der Waals surface area contributed by atoms with Crippen molar-refractivity contribution in [1.29, 1.82) is 0 Å². The average Bonchev–Trinajstić information content (AvgIpc) is 2.67. The van der Waals surface area contributed by atoms with Crippen molar-refractivity contribution in [2.45, 2.75) is 53.9 Å². The number of ether oxygens (including phenoxy) is 2. The van der Waals surface area contributed by atoms with Crippen LogP contribution < -0.4 is 14.8 Å². The monoisotopic (exact) mass is 439 g/mol. The van der Waals surface area contributed by atoms with E-state index in [-0.39, 0.29) is 18.1 Å². The molecule has 170 valence electrons. The zero-order valence-electron chi connectivity index (χ0n) is 19.1. The molecule has 1 amide bonds. The minimum absolute atomic E-state index is 0.119. The molecule has 0 radical (unpaired) electrons. The molecule has 0 aliphatic heterocycles. The summed E-state index contributed by atoms with van der Waals surface area (Å²) >= 11 is 0. The molecule has 2 aromatic rings. The lowest BCUT2D eigenvalue weighted by Crippen LogP contribution is -2.26. The first-order valence-corrected chi connectivity index (χ1v) is 10.4. The van der Waals surface area contributed by atoms with Gasteiger partial charge in [0.1, 0.15) is 17.3 Å². The Morgan fingerprint density at radius 3 is 2.03 bits per heavy atom. The smallest absolute Gasteiger partial charge is 0.308 e. The number of amides is 1. The van der Waals surface area contributed by atoms with Crippen LogP contribution in [0.3, 0.4) is 0 Å². The number of carbonyl (C=O) groups excluding carboxylic acids is 4. The fourth-order valence-corrected chi connectivity index (χ4v) is 2.88. The van der Waals surface area contributed by atoms with Crippen LogP contribution in [0.25, 0.3) is 0 Å². The van der Waals surface area contributed by atoms with Crippen LogP contribution in [0.2, 0.25) is 0 Å². The number of hydrogen-bond acceptors (Lipinski definition) is 6. The zero-order chi connectivity index (χ0) is 23.9. The van der Waals surface area contributed by atoms with Gasteiger partial charge in [-0.3, -0.25) is 19.2 Å². The van der Waals surface area contributed by atoms with Crippen LogP contribution in [0.5, 0.6) is 11.5 Å². The first kappa shape index (κ1) is 24.8. The molecule has 2 aromatic carbocycles. The number of carbonyl (C=O) groups is 4. The maximum atomic E-state index is 12.1. The summed E-state index contributed by atoms with van der Waals surface area (Å²) in [5.41, 5.74) is 1.79. The Hall–Kier alpha value is -3.48. The lowest BCUT2D eigenvalue weighted by Gasteiger charge is -2.16. The Kier molecular flexibility index (Phi) is 8.29. The van der Waals surface area contributed by atoms with Crippen LogP contribution in [0.15, 0.2) is 42.5 Å². The Morgan fingerprint density at radius 1 is 0.844 bits per heavy atom. The van der Waals surface area contributed by atoms with Crippen molar-refractivity contribution in [3.63, 3.8) is 0 Å². The van der Waals surface area contributed by atoms with Crippen LogP contribution in [0.4, 0.5) is 5.69 Å². The molecule has 0 heterocycles. The van der Waals surface area contributed by atoms with Gasteiger partial charge in [-0.2, -0.15) is 0 Å². The van der Waals surface area contributed by atoms with Crippen LogP contribution in [-0.4, -0.2) is 23.6 Å². The molecule has 0 spiro atoms. The van der Waals surface area contributed by atoms with Crippen LogP contribution in [0.1, 0.15) is 52.2 Å². The number of nitrogens with one attached hydrogen (secondary N) is 1. The van der Waals surface area contributed by atoms with E-state index in [1.54, 1.807) is 51.1 Å². The third kappa shape index (κ3) is 7.98. The topological polar surface area (TPSA) is 98.8 Å². The maximum absolute atomic E-state index is 12.1.